The molecule has 1 fully saturated rings. The van der Waals surface area contributed by atoms with Crippen LogP contribution in [0.2, 0.25) is 0 Å². The summed E-state index contributed by atoms with van der Waals surface area (Å²) < 4.78 is 5.40. The molecule has 13 heavy (non-hydrogen) atoms. The lowest BCUT2D eigenvalue weighted by atomic mass is 10.2. The van der Waals surface area contributed by atoms with E-state index in [1.54, 1.807) is 0 Å². The van der Waals surface area contributed by atoms with Gasteiger partial charge in [-0.15, -0.1) is 11.8 Å². The van der Waals surface area contributed by atoms with E-state index in [0.29, 0.717) is 0 Å². The number of hydrogen-bond acceptors (Lipinski definition) is 3. The number of rotatable bonds is 7. The molecule has 1 N–H and O–H groups in total. The maximum absolute atomic E-state index is 5.40. The van der Waals surface area contributed by atoms with Crippen molar-refractivity contribution in [2.75, 3.05) is 18.2 Å². The molecule has 0 radical (unpaired) electrons. The van der Waals surface area contributed by atoms with E-state index in [1.165, 1.54) is 6.42 Å². The van der Waals surface area contributed by atoms with Crippen molar-refractivity contribution in [3.63, 3.8) is 0 Å². The van der Waals surface area contributed by atoms with Crippen LogP contribution < -0.4 is 5.32 Å². The smallest absolute Gasteiger partial charge is 0.143 e. The first-order valence-corrected chi connectivity index (χ1v) is 6.06. The molecule has 76 valence electrons. The summed E-state index contributed by atoms with van der Waals surface area (Å²) in [6, 6.07) is 0. The van der Waals surface area contributed by atoms with Gasteiger partial charge in [-0.3, -0.25) is 5.32 Å². The van der Waals surface area contributed by atoms with E-state index in [-0.39, 0.29) is 5.72 Å². The minimum atomic E-state index is 0.0533. The zero-order valence-corrected chi connectivity index (χ0v) is 9.32. The number of ether oxygens (including phenoxy) is 1. The largest absolute Gasteiger partial charge is 0.354 e. The molecular formula is C10H19NOS. The third-order valence-corrected chi connectivity index (χ3v) is 2.87. The van der Waals surface area contributed by atoms with Crippen LogP contribution in [0.15, 0.2) is 12.2 Å². The maximum Gasteiger partial charge on any atom is 0.143 e. The van der Waals surface area contributed by atoms with Crippen molar-refractivity contribution < 1.29 is 4.74 Å². The molecular weight excluding hydrogens is 182 g/mol. The molecule has 1 aliphatic rings. The summed E-state index contributed by atoms with van der Waals surface area (Å²) in [5.41, 5.74) is 0.0533. The van der Waals surface area contributed by atoms with Crippen molar-refractivity contribution in [3.8, 4) is 0 Å². The van der Waals surface area contributed by atoms with Crippen LogP contribution in [0.1, 0.15) is 26.7 Å². The SMILES string of the molecule is C/C=C/CSCNC1(CCC)CO1. The zero-order valence-electron chi connectivity index (χ0n) is 8.51. The van der Waals surface area contributed by atoms with E-state index in [9.17, 15) is 0 Å². The molecule has 0 amide bonds. The number of epoxide rings is 1. The molecule has 0 saturated carbocycles. The Labute approximate surface area is 85.1 Å². The Balaban J connectivity index is 1.99. The average Bonchev–Trinajstić information content (AvgIpc) is 2.86. The second-order valence-corrected chi connectivity index (χ2v) is 4.32. The van der Waals surface area contributed by atoms with Crippen molar-refractivity contribution in [2.45, 2.75) is 32.4 Å². The second kappa shape index (κ2) is 5.68. The molecule has 0 bridgehead atoms. The highest BCUT2D eigenvalue weighted by Gasteiger charge is 2.42. The van der Waals surface area contributed by atoms with Gasteiger partial charge in [0.1, 0.15) is 5.72 Å². The molecule has 0 aromatic rings. The van der Waals surface area contributed by atoms with Gasteiger partial charge in [0.2, 0.25) is 0 Å². The molecule has 1 saturated heterocycles. The zero-order chi connectivity index (χ0) is 9.57. The number of nitrogens with one attached hydrogen (secondary N) is 1. The fourth-order valence-electron chi connectivity index (χ4n) is 1.23. The summed E-state index contributed by atoms with van der Waals surface area (Å²) >= 11 is 1.89. The topological polar surface area (TPSA) is 24.6 Å². The minimum Gasteiger partial charge on any atom is -0.354 e. The lowest BCUT2D eigenvalue weighted by Gasteiger charge is -2.11. The molecule has 0 aromatic heterocycles. The van der Waals surface area contributed by atoms with E-state index in [1.807, 2.05) is 11.8 Å². The summed E-state index contributed by atoms with van der Waals surface area (Å²) in [7, 11) is 0. The highest BCUT2D eigenvalue weighted by Crippen LogP contribution is 2.29. The Bertz CT molecular complexity index is 166. The quantitative estimate of drug-likeness (QED) is 0.296. The van der Waals surface area contributed by atoms with Crippen LogP contribution in [0, 0.1) is 0 Å². The standard InChI is InChI=1S/C10H19NOS/c1-3-5-7-13-9-11-10(6-4-2)8-12-10/h3,5,11H,4,6-9H2,1-2H3/b5-3+. The first kappa shape index (κ1) is 11.1. The summed E-state index contributed by atoms with van der Waals surface area (Å²) in [5.74, 6) is 2.08. The van der Waals surface area contributed by atoms with Crippen molar-refractivity contribution in [2.24, 2.45) is 0 Å². The van der Waals surface area contributed by atoms with Crippen LogP contribution in [0.25, 0.3) is 0 Å². The fraction of sp³-hybridized carbons (Fsp3) is 0.800. The average molecular weight is 201 g/mol. The van der Waals surface area contributed by atoms with Crippen molar-refractivity contribution in [3.05, 3.63) is 12.2 Å². The van der Waals surface area contributed by atoms with Crippen LogP contribution >= 0.6 is 11.8 Å². The maximum atomic E-state index is 5.40. The summed E-state index contributed by atoms with van der Waals surface area (Å²) in [6.45, 7) is 5.14. The Morgan fingerprint density at radius 2 is 2.38 bits per heavy atom. The van der Waals surface area contributed by atoms with E-state index in [0.717, 1.165) is 24.7 Å². The predicted molar refractivity (Wildman–Crippen MR) is 58.9 cm³/mol. The van der Waals surface area contributed by atoms with Gasteiger partial charge in [0, 0.05) is 11.6 Å². The molecule has 2 nitrogen and oxygen atoms in total. The van der Waals surface area contributed by atoms with E-state index in [4.69, 9.17) is 4.74 Å². The van der Waals surface area contributed by atoms with Crippen LogP contribution in [-0.4, -0.2) is 24.0 Å². The van der Waals surface area contributed by atoms with E-state index in [2.05, 4.69) is 31.3 Å². The lowest BCUT2D eigenvalue weighted by molar-refractivity contribution is 0.250. The summed E-state index contributed by atoms with van der Waals surface area (Å²) in [4.78, 5) is 0. The minimum absolute atomic E-state index is 0.0533. The van der Waals surface area contributed by atoms with Gasteiger partial charge in [0.15, 0.2) is 0 Å². The fourth-order valence-corrected chi connectivity index (χ4v) is 2.04. The number of allylic oxidation sites excluding steroid dienone is 1. The third-order valence-electron chi connectivity index (χ3n) is 2.09. The highest BCUT2D eigenvalue weighted by molar-refractivity contribution is 7.99. The van der Waals surface area contributed by atoms with Crippen molar-refractivity contribution in [1.82, 2.24) is 5.32 Å². The second-order valence-electron chi connectivity index (χ2n) is 3.29. The van der Waals surface area contributed by atoms with Gasteiger partial charge in [0.25, 0.3) is 0 Å². The van der Waals surface area contributed by atoms with Gasteiger partial charge in [-0.25, -0.2) is 0 Å². The summed E-state index contributed by atoms with van der Waals surface area (Å²) in [6.07, 6.45) is 6.58. The van der Waals surface area contributed by atoms with E-state index >= 15 is 0 Å². The Morgan fingerprint density at radius 3 is 2.92 bits per heavy atom. The Kier molecular flexibility index (Phi) is 4.84. The van der Waals surface area contributed by atoms with Crippen LogP contribution in [0.5, 0.6) is 0 Å². The molecule has 1 heterocycles. The van der Waals surface area contributed by atoms with Crippen molar-refractivity contribution >= 4 is 11.8 Å². The van der Waals surface area contributed by atoms with Crippen molar-refractivity contribution in [1.29, 1.82) is 0 Å². The molecule has 0 aromatic carbocycles. The lowest BCUT2D eigenvalue weighted by Crippen LogP contribution is -2.32. The van der Waals surface area contributed by atoms with Gasteiger partial charge in [-0.05, 0) is 13.3 Å². The van der Waals surface area contributed by atoms with E-state index < -0.39 is 0 Å². The van der Waals surface area contributed by atoms with Gasteiger partial charge >= 0.3 is 0 Å². The van der Waals surface area contributed by atoms with Gasteiger partial charge in [-0.1, -0.05) is 25.5 Å². The number of thioether (sulfide) groups is 1. The molecule has 1 unspecified atom stereocenters. The molecule has 1 rings (SSSR count). The van der Waals surface area contributed by atoms with Gasteiger partial charge in [-0.2, -0.15) is 0 Å². The Morgan fingerprint density at radius 1 is 1.62 bits per heavy atom. The first-order chi connectivity index (χ1) is 6.33. The van der Waals surface area contributed by atoms with Crippen LogP contribution in [0.3, 0.4) is 0 Å². The highest BCUT2D eigenvalue weighted by atomic mass is 32.2. The summed E-state index contributed by atoms with van der Waals surface area (Å²) in [5, 5.41) is 3.44. The first-order valence-electron chi connectivity index (χ1n) is 4.91. The molecule has 0 aliphatic carbocycles. The predicted octanol–water partition coefficient (Wildman–Crippen LogP) is 2.37. The molecule has 1 atom stereocenters. The normalized spacial score (nSPS) is 26.9. The van der Waals surface area contributed by atoms with Crippen LogP contribution in [0.4, 0.5) is 0 Å². The third kappa shape index (κ3) is 4.16. The molecule has 0 spiro atoms. The Hall–Kier alpha value is 0.01000. The van der Waals surface area contributed by atoms with Crippen LogP contribution in [-0.2, 0) is 4.74 Å². The monoisotopic (exact) mass is 201 g/mol. The molecule has 1 aliphatic heterocycles. The van der Waals surface area contributed by atoms with Gasteiger partial charge < -0.3 is 4.74 Å². The molecule has 3 heteroatoms. The van der Waals surface area contributed by atoms with Gasteiger partial charge in [0.05, 0.1) is 6.61 Å². The number of hydrogen-bond donors (Lipinski definition) is 1.